The van der Waals surface area contributed by atoms with Crippen LogP contribution in [0, 0.1) is 11.3 Å². The van der Waals surface area contributed by atoms with E-state index < -0.39 is 40.0 Å². The summed E-state index contributed by atoms with van der Waals surface area (Å²) < 4.78 is 27.3. The van der Waals surface area contributed by atoms with Crippen molar-refractivity contribution in [2.75, 3.05) is 12.3 Å². The number of urea groups is 1. The molecule has 0 spiro atoms. The number of hydrogen-bond acceptors (Lipinski definition) is 6. The summed E-state index contributed by atoms with van der Waals surface area (Å²) >= 11 is 0. The van der Waals surface area contributed by atoms with E-state index in [2.05, 4.69) is 15.4 Å². The third kappa shape index (κ3) is 10.4. The quantitative estimate of drug-likeness (QED) is 0.139. The number of sulfonamides is 1. The van der Waals surface area contributed by atoms with Gasteiger partial charge in [-0.1, -0.05) is 51.5 Å². The Morgan fingerprint density at radius 1 is 1.03 bits per heavy atom. The number of carbonyl (C=O) groups excluding carboxylic acids is 3. The number of nitrogens with zero attached hydrogens (tertiary/aromatic N) is 1. The third-order valence-corrected chi connectivity index (χ3v) is 7.48. The standard InChI is InChI=1S/C24H41N7O5S/c1-6-12-37(35,36)30-20(16(5)7-2)23(33)29-19(14-31(15(3)4)24(27)34)22(32)28-13-17-8-10-18(11-9-17)21(25)26/h8-11,15-16,19-20,30H,6-7,12-14H2,1-5H3,(H3,25,26)(H2,27,34)(H,28,32)(H,29,33)/t16?,19-,20+/m0/s1. The molecule has 208 valence electrons. The Labute approximate surface area is 219 Å². The summed E-state index contributed by atoms with van der Waals surface area (Å²) in [6.07, 6.45) is 0.893. The van der Waals surface area contributed by atoms with Crippen LogP contribution in [0.5, 0.6) is 0 Å². The Hall–Kier alpha value is -3.19. The summed E-state index contributed by atoms with van der Waals surface area (Å²) in [6.45, 7) is 8.63. The van der Waals surface area contributed by atoms with Gasteiger partial charge in [0.15, 0.2) is 0 Å². The number of primary amides is 1. The fraction of sp³-hybridized carbons (Fsp3) is 0.583. The highest BCUT2D eigenvalue weighted by Gasteiger charge is 2.33. The predicted molar refractivity (Wildman–Crippen MR) is 143 cm³/mol. The van der Waals surface area contributed by atoms with E-state index in [1.54, 1.807) is 52.0 Å². The molecule has 4 amide bonds. The average molecular weight is 540 g/mol. The second-order valence-electron chi connectivity index (χ2n) is 9.27. The number of amides is 4. The highest BCUT2D eigenvalue weighted by Crippen LogP contribution is 2.11. The van der Waals surface area contributed by atoms with Crippen LogP contribution in [-0.4, -0.2) is 67.4 Å². The van der Waals surface area contributed by atoms with Crippen LogP contribution in [-0.2, 0) is 26.2 Å². The van der Waals surface area contributed by atoms with E-state index in [9.17, 15) is 22.8 Å². The van der Waals surface area contributed by atoms with Gasteiger partial charge < -0.3 is 27.0 Å². The maximum atomic E-state index is 13.3. The topological polar surface area (TPSA) is 201 Å². The van der Waals surface area contributed by atoms with Crippen molar-refractivity contribution in [2.45, 2.75) is 72.1 Å². The van der Waals surface area contributed by atoms with Gasteiger partial charge in [0.05, 0.1) is 12.3 Å². The Kier molecular flexibility index (Phi) is 12.5. The first kappa shape index (κ1) is 31.8. The smallest absolute Gasteiger partial charge is 0.315 e. The molecular weight excluding hydrogens is 498 g/mol. The lowest BCUT2D eigenvalue weighted by molar-refractivity contribution is -0.130. The molecule has 0 radical (unpaired) electrons. The summed E-state index contributed by atoms with van der Waals surface area (Å²) in [5, 5.41) is 12.8. The fourth-order valence-electron chi connectivity index (χ4n) is 3.51. The van der Waals surface area contributed by atoms with E-state index in [1.807, 2.05) is 6.92 Å². The van der Waals surface area contributed by atoms with Gasteiger partial charge in [0.1, 0.15) is 17.9 Å². The van der Waals surface area contributed by atoms with Gasteiger partial charge in [-0.3, -0.25) is 15.0 Å². The van der Waals surface area contributed by atoms with Crippen molar-refractivity contribution >= 4 is 33.7 Å². The average Bonchev–Trinajstić information content (AvgIpc) is 2.82. The summed E-state index contributed by atoms with van der Waals surface area (Å²) in [5.41, 5.74) is 12.2. The SMILES string of the molecule is CCCS(=O)(=O)N[C@@H](C(=O)N[C@@H](CN(C(N)=O)C(C)C)C(=O)NCc1ccc(C(=N)N)cc1)C(C)CC. The normalized spacial score (nSPS) is 13.9. The number of benzene rings is 1. The van der Waals surface area contributed by atoms with Crippen molar-refractivity contribution in [2.24, 2.45) is 17.4 Å². The molecule has 0 saturated heterocycles. The van der Waals surface area contributed by atoms with Crippen LogP contribution in [0.25, 0.3) is 0 Å². The molecule has 1 unspecified atom stereocenters. The van der Waals surface area contributed by atoms with Crippen LogP contribution in [0.2, 0.25) is 0 Å². The number of hydrogen-bond donors (Lipinski definition) is 6. The number of nitrogens with one attached hydrogen (secondary N) is 4. The Balaban J connectivity index is 3.15. The first-order valence-corrected chi connectivity index (χ1v) is 13.9. The van der Waals surface area contributed by atoms with Gasteiger partial charge in [-0.25, -0.2) is 17.9 Å². The molecule has 0 saturated carbocycles. The largest absolute Gasteiger partial charge is 0.384 e. The molecule has 13 heteroatoms. The van der Waals surface area contributed by atoms with Crippen LogP contribution >= 0.6 is 0 Å². The van der Waals surface area contributed by atoms with Crippen molar-refractivity contribution in [1.82, 2.24) is 20.3 Å². The minimum absolute atomic E-state index is 0.0796. The van der Waals surface area contributed by atoms with E-state index in [4.69, 9.17) is 16.9 Å². The molecule has 0 aliphatic heterocycles. The molecule has 1 rings (SSSR count). The minimum atomic E-state index is -3.71. The number of nitrogens with two attached hydrogens (primary N) is 2. The van der Waals surface area contributed by atoms with Gasteiger partial charge in [-0.05, 0) is 31.7 Å². The van der Waals surface area contributed by atoms with Crippen LogP contribution in [0.3, 0.4) is 0 Å². The van der Waals surface area contributed by atoms with E-state index >= 15 is 0 Å². The van der Waals surface area contributed by atoms with Gasteiger partial charge in [-0.2, -0.15) is 0 Å². The maximum absolute atomic E-state index is 13.3. The van der Waals surface area contributed by atoms with Gasteiger partial charge in [0.25, 0.3) is 0 Å². The zero-order valence-electron chi connectivity index (χ0n) is 22.2. The molecule has 0 aliphatic carbocycles. The van der Waals surface area contributed by atoms with E-state index in [0.29, 0.717) is 18.4 Å². The number of nitrogen functional groups attached to an aromatic ring is 1. The molecule has 12 nitrogen and oxygen atoms in total. The summed E-state index contributed by atoms with van der Waals surface area (Å²) in [5.74, 6) is -1.82. The lowest BCUT2D eigenvalue weighted by Crippen LogP contribution is -2.60. The third-order valence-electron chi connectivity index (χ3n) is 5.93. The predicted octanol–water partition coefficient (Wildman–Crippen LogP) is 0.605. The molecule has 37 heavy (non-hydrogen) atoms. The van der Waals surface area contributed by atoms with Crippen LogP contribution in [0.1, 0.15) is 58.6 Å². The van der Waals surface area contributed by atoms with Crippen molar-refractivity contribution < 1.29 is 22.8 Å². The second kappa shape index (κ2) is 14.5. The zero-order valence-corrected chi connectivity index (χ0v) is 23.0. The fourth-order valence-corrected chi connectivity index (χ4v) is 4.89. The van der Waals surface area contributed by atoms with Gasteiger partial charge in [-0.15, -0.1) is 0 Å². The lowest BCUT2D eigenvalue weighted by atomic mass is 9.99. The number of amidine groups is 1. The van der Waals surface area contributed by atoms with Gasteiger partial charge in [0, 0.05) is 18.2 Å². The molecular formula is C24H41N7O5S. The Morgan fingerprint density at radius 3 is 2.08 bits per heavy atom. The zero-order chi connectivity index (χ0) is 28.3. The Morgan fingerprint density at radius 2 is 1.62 bits per heavy atom. The molecule has 3 atom stereocenters. The van der Waals surface area contributed by atoms with Gasteiger partial charge in [0.2, 0.25) is 21.8 Å². The molecule has 0 fully saturated rings. The molecule has 0 heterocycles. The molecule has 0 bridgehead atoms. The molecule has 1 aromatic carbocycles. The summed E-state index contributed by atoms with van der Waals surface area (Å²) in [6, 6.07) is 3.30. The van der Waals surface area contributed by atoms with E-state index in [0.717, 1.165) is 5.56 Å². The monoisotopic (exact) mass is 539 g/mol. The molecule has 8 N–H and O–H groups in total. The summed E-state index contributed by atoms with van der Waals surface area (Å²) in [4.78, 5) is 39.6. The van der Waals surface area contributed by atoms with Crippen molar-refractivity contribution in [3.8, 4) is 0 Å². The first-order valence-electron chi connectivity index (χ1n) is 12.3. The summed E-state index contributed by atoms with van der Waals surface area (Å²) in [7, 11) is -3.71. The molecule has 1 aromatic rings. The van der Waals surface area contributed by atoms with Crippen molar-refractivity contribution in [3.63, 3.8) is 0 Å². The van der Waals surface area contributed by atoms with E-state index in [1.165, 1.54) is 4.90 Å². The highest BCUT2D eigenvalue weighted by molar-refractivity contribution is 7.89. The second-order valence-corrected chi connectivity index (χ2v) is 11.1. The highest BCUT2D eigenvalue weighted by atomic mass is 32.2. The van der Waals surface area contributed by atoms with Crippen LogP contribution in [0.15, 0.2) is 24.3 Å². The van der Waals surface area contributed by atoms with Crippen molar-refractivity contribution in [3.05, 3.63) is 35.4 Å². The number of carbonyl (C=O) groups is 3. The van der Waals surface area contributed by atoms with Crippen LogP contribution < -0.4 is 26.8 Å². The maximum Gasteiger partial charge on any atom is 0.315 e. The van der Waals surface area contributed by atoms with Crippen LogP contribution in [0.4, 0.5) is 4.79 Å². The number of rotatable bonds is 15. The Bertz CT molecular complexity index is 1040. The van der Waals surface area contributed by atoms with Gasteiger partial charge >= 0.3 is 6.03 Å². The van der Waals surface area contributed by atoms with Crippen molar-refractivity contribution in [1.29, 1.82) is 5.41 Å². The first-order chi connectivity index (χ1) is 17.2. The lowest BCUT2D eigenvalue weighted by Gasteiger charge is -2.31. The molecule has 0 aliphatic rings. The van der Waals surface area contributed by atoms with E-state index in [-0.39, 0.29) is 36.6 Å². The molecule has 0 aromatic heterocycles. The minimum Gasteiger partial charge on any atom is -0.384 e.